The van der Waals surface area contributed by atoms with Crippen molar-refractivity contribution >= 4 is 50.7 Å². The summed E-state index contributed by atoms with van der Waals surface area (Å²) in [6.45, 7) is 2.58. The topological polar surface area (TPSA) is 35.8 Å². The summed E-state index contributed by atoms with van der Waals surface area (Å²) in [7, 11) is 1.67. The first-order valence-electron chi connectivity index (χ1n) is 11.0. The molecular formula is C28H20Cl2N2O2. The van der Waals surface area contributed by atoms with Gasteiger partial charge in [-0.15, -0.1) is 0 Å². The summed E-state index contributed by atoms with van der Waals surface area (Å²) in [5.41, 5.74) is 6.93. The fourth-order valence-electron chi connectivity index (χ4n) is 4.70. The predicted octanol–water partition coefficient (Wildman–Crippen LogP) is 7.79. The third-order valence-electron chi connectivity index (χ3n) is 6.19. The number of benzene rings is 4. The summed E-state index contributed by atoms with van der Waals surface area (Å²) >= 11 is 12.8. The molecule has 6 rings (SSSR count). The van der Waals surface area contributed by atoms with Crippen LogP contribution in [0.2, 0.25) is 10.0 Å². The lowest BCUT2D eigenvalue weighted by Gasteiger charge is -2.07. The minimum absolute atomic E-state index is 0.602. The van der Waals surface area contributed by atoms with Crippen molar-refractivity contribution in [3.05, 3.63) is 94.0 Å². The third-order valence-corrected chi connectivity index (χ3v) is 6.66. The summed E-state index contributed by atoms with van der Waals surface area (Å²) in [5, 5.41) is 8.62. The van der Waals surface area contributed by atoms with E-state index in [-0.39, 0.29) is 0 Å². The van der Waals surface area contributed by atoms with Crippen molar-refractivity contribution in [3.63, 3.8) is 0 Å². The van der Waals surface area contributed by atoms with Crippen LogP contribution in [0.25, 0.3) is 32.9 Å². The van der Waals surface area contributed by atoms with Crippen LogP contribution in [-0.2, 0) is 0 Å². The second-order valence-electron chi connectivity index (χ2n) is 8.14. The Morgan fingerprint density at radius 2 is 1.26 bits per heavy atom. The molecule has 0 radical (unpaired) electrons. The van der Waals surface area contributed by atoms with Gasteiger partial charge in [0.2, 0.25) is 0 Å². The van der Waals surface area contributed by atoms with Gasteiger partial charge in [-0.1, -0.05) is 35.3 Å². The first-order valence-corrected chi connectivity index (χ1v) is 11.8. The summed E-state index contributed by atoms with van der Waals surface area (Å²) in [5.74, 6) is 1.61. The number of hydrogen-bond donors (Lipinski definition) is 0. The second-order valence-corrected chi connectivity index (χ2v) is 9.01. The molecule has 0 saturated heterocycles. The number of hydrogen-bond acceptors (Lipinski definition) is 3. The zero-order chi connectivity index (χ0) is 23.4. The van der Waals surface area contributed by atoms with Crippen LogP contribution in [0.5, 0.6) is 11.5 Å². The SMILES string of the molecule is CCOc1ccc2c(c1)c1cc(OC)ccc1n2N=C1c2cc(Cl)ccc2-c2ccc(Cl)cc21. The van der Waals surface area contributed by atoms with Crippen LogP contribution >= 0.6 is 23.2 Å². The van der Waals surface area contributed by atoms with Crippen LogP contribution in [0.1, 0.15) is 18.1 Å². The van der Waals surface area contributed by atoms with E-state index in [1.54, 1.807) is 7.11 Å². The Morgan fingerprint density at radius 3 is 1.82 bits per heavy atom. The van der Waals surface area contributed by atoms with Gasteiger partial charge in [0.1, 0.15) is 11.5 Å². The van der Waals surface area contributed by atoms with E-state index in [4.69, 9.17) is 37.8 Å². The molecule has 0 bridgehead atoms. The predicted molar refractivity (Wildman–Crippen MR) is 140 cm³/mol. The third kappa shape index (κ3) is 3.25. The highest BCUT2D eigenvalue weighted by molar-refractivity contribution is 6.34. The van der Waals surface area contributed by atoms with Gasteiger partial charge in [0, 0.05) is 31.9 Å². The normalized spacial score (nSPS) is 12.2. The largest absolute Gasteiger partial charge is 0.497 e. The molecule has 0 amide bonds. The maximum atomic E-state index is 6.40. The van der Waals surface area contributed by atoms with E-state index in [9.17, 15) is 0 Å². The van der Waals surface area contributed by atoms with Crippen molar-refractivity contribution in [2.24, 2.45) is 5.10 Å². The summed E-state index contributed by atoms with van der Waals surface area (Å²) < 4.78 is 13.3. The molecule has 34 heavy (non-hydrogen) atoms. The summed E-state index contributed by atoms with van der Waals surface area (Å²) in [4.78, 5) is 0. The van der Waals surface area contributed by atoms with Crippen molar-refractivity contribution in [1.29, 1.82) is 0 Å². The van der Waals surface area contributed by atoms with Crippen LogP contribution in [0, 0.1) is 0 Å². The fraction of sp³-hybridized carbons (Fsp3) is 0.107. The molecule has 6 heteroatoms. The molecule has 0 fully saturated rings. The van der Waals surface area contributed by atoms with E-state index in [1.165, 1.54) is 0 Å². The quantitative estimate of drug-likeness (QED) is 0.255. The smallest absolute Gasteiger partial charge is 0.120 e. The molecule has 4 aromatic carbocycles. The molecule has 1 aromatic heterocycles. The van der Waals surface area contributed by atoms with E-state index in [0.29, 0.717) is 16.7 Å². The average Bonchev–Trinajstić information content (AvgIpc) is 3.31. The van der Waals surface area contributed by atoms with Crippen LogP contribution in [-0.4, -0.2) is 24.1 Å². The van der Waals surface area contributed by atoms with E-state index >= 15 is 0 Å². The highest BCUT2D eigenvalue weighted by Crippen LogP contribution is 2.41. The molecule has 0 saturated carbocycles. The first kappa shape index (κ1) is 21.1. The van der Waals surface area contributed by atoms with Gasteiger partial charge < -0.3 is 9.47 Å². The number of rotatable bonds is 4. The lowest BCUT2D eigenvalue weighted by Crippen LogP contribution is -2.03. The molecule has 0 unspecified atom stereocenters. The Labute approximate surface area is 206 Å². The first-order chi connectivity index (χ1) is 16.6. The maximum Gasteiger partial charge on any atom is 0.120 e. The van der Waals surface area contributed by atoms with Crippen LogP contribution in [0.3, 0.4) is 0 Å². The molecule has 1 aliphatic rings. The highest BCUT2D eigenvalue weighted by atomic mass is 35.5. The molecule has 0 atom stereocenters. The minimum Gasteiger partial charge on any atom is -0.497 e. The molecule has 1 aliphatic carbocycles. The highest BCUT2D eigenvalue weighted by Gasteiger charge is 2.26. The molecule has 168 valence electrons. The van der Waals surface area contributed by atoms with E-state index in [2.05, 4.69) is 6.07 Å². The van der Waals surface area contributed by atoms with Crippen molar-refractivity contribution in [3.8, 4) is 22.6 Å². The molecular weight excluding hydrogens is 467 g/mol. The van der Waals surface area contributed by atoms with Gasteiger partial charge in [0.15, 0.2) is 0 Å². The van der Waals surface area contributed by atoms with Gasteiger partial charge in [-0.05, 0) is 78.7 Å². The van der Waals surface area contributed by atoms with Gasteiger partial charge in [-0.2, -0.15) is 5.10 Å². The number of ether oxygens (including phenoxy) is 2. The Balaban J connectivity index is 1.68. The van der Waals surface area contributed by atoms with Crippen molar-refractivity contribution in [1.82, 2.24) is 4.68 Å². The van der Waals surface area contributed by atoms with E-state index in [1.807, 2.05) is 78.3 Å². The standard InChI is InChI=1S/C28H20Cl2N2O2/c1-3-34-19-7-11-27-23(15-19)22-14-18(33-2)6-10-26(22)32(27)31-28-24-12-16(29)4-8-20(24)21-9-5-17(30)13-25(21)28/h4-15H,3H2,1-2H3. The molecule has 0 aliphatic heterocycles. The number of fused-ring (bicyclic) bond motifs is 6. The van der Waals surface area contributed by atoms with Gasteiger partial charge in [0.25, 0.3) is 0 Å². The number of halogens is 2. The van der Waals surface area contributed by atoms with Crippen molar-refractivity contribution in [2.75, 3.05) is 13.7 Å². The van der Waals surface area contributed by atoms with E-state index in [0.717, 1.165) is 61.3 Å². The van der Waals surface area contributed by atoms with E-state index < -0.39 is 0 Å². The Bertz CT molecular complexity index is 1580. The Morgan fingerprint density at radius 1 is 0.706 bits per heavy atom. The Kier molecular flexibility index (Phi) is 5.01. The number of nitrogens with zero attached hydrogens (tertiary/aromatic N) is 2. The zero-order valence-corrected chi connectivity index (χ0v) is 20.1. The lowest BCUT2D eigenvalue weighted by molar-refractivity contribution is 0.341. The lowest BCUT2D eigenvalue weighted by atomic mass is 10.1. The summed E-state index contributed by atoms with van der Waals surface area (Å²) in [6.07, 6.45) is 0. The van der Waals surface area contributed by atoms with Gasteiger partial charge in [0.05, 0.1) is 30.5 Å². The summed E-state index contributed by atoms with van der Waals surface area (Å²) in [6, 6.07) is 23.9. The van der Waals surface area contributed by atoms with Gasteiger partial charge >= 0.3 is 0 Å². The zero-order valence-electron chi connectivity index (χ0n) is 18.6. The molecule has 0 N–H and O–H groups in total. The monoisotopic (exact) mass is 486 g/mol. The average molecular weight is 487 g/mol. The molecule has 4 nitrogen and oxygen atoms in total. The minimum atomic E-state index is 0.602. The second kappa shape index (κ2) is 8.08. The van der Waals surface area contributed by atoms with Gasteiger partial charge in [-0.25, -0.2) is 4.68 Å². The van der Waals surface area contributed by atoms with Crippen LogP contribution in [0.15, 0.2) is 77.9 Å². The van der Waals surface area contributed by atoms with Crippen molar-refractivity contribution in [2.45, 2.75) is 6.92 Å². The van der Waals surface area contributed by atoms with Crippen LogP contribution in [0.4, 0.5) is 0 Å². The van der Waals surface area contributed by atoms with Gasteiger partial charge in [-0.3, -0.25) is 0 Å². The molecule has 1 heterocycles. The molecule has 0 spiro atoms. The Hall–Kier alpha value is -3.47. The number of aromatic nitrogens is 1. The fourth-order valence-corrected chi connectivity index (χ4v) is 5.04. The van der Waals surface area contributed by atoms with Crippen molar-refractivity contribution < 1.29 is 9.47 Å². The molecule has 5 aromatic rings. The van der Waals surface area contributed by atoms with Crippen LogP contribution < -0.4 is 9.47 Å². The number of methoxy groups -OCH3 is 1. The maximum absolute atomic E-state index is 6.40.